The van der Waals surface area contributed by atoms with E-state index < -0.39 is 0 Å². The van der Waals surface area contributed by atoms with Gasteiger partial charge in [-0.3, -0.25) is 4.39 Å². The molecule has 0 aliphatic carbocycles. The molecule has 0 aromatic carbocycles. The van der Waals surface area contributed by atoms with Crippen LogP contribution in [-0.2, 0) is 6.42 Å². The second-order valence-electron chi connectivity index (χ2n) is 3.74. The molecule has 3 nitrogen and oxygen atoms in total. The van der Waals surface area contributed by atoms with Crippen LogP contribution in [0.5, 0.6) is 0 Å². The van der Waals surface area contributed by atoms with Gasteiger partial charge < -0.3 is 4.90 Å². The van der Waals surface area contributed by atoms with E-state index in [1.807, 2.05) is 6.92 Å². The summed E-state index contributed by atoms with van der Waals surface area (Å²) in [4.78, 5) is 9.50. The maximum absolute atomic E-state index is 13.7. The van der Waals surface area contributed by atoms with Crippen molar-refractivity contribution >= 4 is 5.82 Å². The minimum atomic E-state index is -0.364. The molecule has 2 heterocycles. The minimum Gasteiger partial charge on any atom is -0.353 e. The van der Waals surface area contributed by atoms with E-state index in [1.54, 1.807) is 4.90 Å². The lowest BCUT2D eigenvalue weighted by Gasteiger charge is -2.38. The van der Waals surface area contributed by atoms with E-state index in [0.717, 1.165) is 0 Å². The fourth-order valence-corrected chi connectivity index (χ4v) is 1.70. The zero-order valence-corrected chi connectivity index (χ0v) is 8.58. The van der Waals surface area contributed by atoms with Crippen molar-refractivity contribution in [1.29, 1.82) is 0 Å². The Balaban J connectivity index is 2.16. The first kappa shape index (κ1) is 10.3. The highest BCUT2D eigenvalue weighted by molar-refractivity contribution is 5.43. The first-order valence-electron chi connectivity index (χ1n) is 5.06. The Labute approximate surface area is 87.1 Å². The second-order valence-corrected chi connectivity index (χ2v) is 3.74. The summed E-state index contributed by atoms with van der Waals surface area (Å²) >= 11 is 0. The van der Waals surface area contributed by atoms with Gasteiger partial charge in [0.1, 0.15) is 6.33 Å². The predicted octanol–water partition coefficient (Wildman–Crippen LogP) is 1.58. The third-order valence-electron chi connectivity index (χ3n) is 2.65. The molecule has 1 fully saturated rings. The molecule has 1 aliphatic heterocycles. The third kappa shape index (κ3) is 1.78. The molecule has 0 amide bonds. The summed E-state index contributed by atoms with van der Waals surface area (Å²) in [5.41, 5.74) is 0.420. The largest absolute Gasteiger partial charge is 0.353 e. The van der Waals surface area contributed by atoms with Gasteiger partial charge in [-0.15, -0.1) is 0 Å². The summed E-state index contributed by atoms with van der Waals surface area (Å²) in [5, 5.41) is 0. The zero-order valence-electron chi connectivity index (χ0n) is 8.58. The quantitative estimate of drug-likeness (QED) is 0.763. The SMILES string of the molecule is CCc1ncnc(N2CC(CF)C2)c1F. The molecule has 0 unspecified atom stereocenters. The van der Waals surface area contributed by atoms with Gasteiger partial charge in [-0.05, 0) is 6.42 Å². The normalized spacial score (nSPS) is 16.6. The van der Waals surface area contributed by atoms with Crippen LogP contribution in [-0.4, -0.2) is 29.7 Å². The van der Waals surface area contributed by atoms with Crippen molar-refractivity contribution in [2.24, 2.45) is 5.92 Å². The van der Waals surface area contributed by atoms with Crippen molar-refractivity contribution < 1.29 is 8.78 Å². The molecule has 2 rings (SSSR count). The van der Waals surface area contributed by atoms with Gasteiger partial charge >= 0.3 is 0 Å². The fraction of sp³-hybridized carbons (Fsp3) is 0.600. The standard InChI is InChI=1S/C10H13F2N3/c1-2-8-9(12)10(14-6-13-8)15-4-7(3-11)5-15/h6-7H,2-5H2,1H3. The molecule has 0 bridgehead atoms. The third-order valence-corrected chi connectivity index (χ3v) is 2.65. The van der Waals surface area contributed by atoms with Crippen LogP contribution in [0.15, 0.2) is 6.33 Å². The topological polar surface area (TPSA) is 29.0 Å². The van der Waals surface area contributed by atoms with Gasteiger partial charge in [-0.1, -0.05) is 6.92 Å². The number of anilines is 1. The average molecular weight is 213 g/mol. The van der Waals surface area contributed by atoms with Gasteiger partial charge in [0.05, 0.1) is 12.4 Å². The number of halogens is 2. The zero-order chi connectivity index (χ0) is 10.8. The summed E-state index contributed by atoms with van der Waals surface area (Å²) in [6.07, 6.45) is 1.90. The summed E-state index contributed by atoms with van der Waals surface area (Å²) in [6.45, 7) is 2.60. The highest BCUT2D eigenvalue weighted by Crippen LogP contribution is 2.26. The number of rotatable bonds is 3. The van der Waals surface area contributed by atoms with Gasteiger partial charge in [0.25, 0.3) is 0 Å². The van der Waals surface area contributed by atoms with Crippen molar-refractivity contribution in [1.82, 2.24) is 9.97 Å². The number of alkyl halides is 1. The van der Waals surface area contributed by atoms with Crippen LogP contribution in [0.4, 0.5) is 14.6 Å². The molecule has 1 aromatic rings. The molecule has 1 aliphatic rings. The average Bonchev–Trinajstić information content (AvgIpc) is 2.19. The Bertz CT molecular complexity index is 351. The summed E-state index contributed by atoms with van der Waals surface area (Å²) in [5.74, 6) is -0.0201. The van der Waals surface area contributed by atoms with Crippen molar-refractivity contribution in [3.63, 3.8) is 0 Å². The Kier molecular flexibility index (Phi) is 2.79. The smallest absolute Gasteiger partial charge is 0.187 e. The molecule has 0 N–H and O–H groups in total. The molecular formula is C10H13F2N3. The van der Waals surface area contributed by atoms with Gasteiger partial charge in [0.2, 0.25) is 0 Å². The van der Waals surface area contributed by atoms with E-state index in [1.165, 1.54) is 6.33 Å². The first-order valence-corrected chi connectivity index (χ1v) is 5.06. The van der Waals surface area contributed by atoms with E-state index >= 15 is 0 Å². The second kappa shape index (κ2) is 4.08. The molecule has 15 heavy (non-hydrogen) atoms. The Morgan fingerprint density at radius 1 is 1.47 bits per heavy atom. The Morgan fingerprint density at radius 3 is 2.80 bits per heavy atom. The lowest BCUT2D eigenvalue weighted by atomic mass is 10.0. The highest BCUT2D eigenvalue weighted by Gasteiger charge is 2.30. The maximum Gasteiger partial charge on any atom is 0.187 e. The lowest BCUT2D eigenvalue weighted by molar-refractivity contribution is 0.302. The van der Waals surface area contributed by atoms with Crippen molar-refractivity contribution in [3.05, 3.63) is 17.8 Å². The van der Waals surface area contributed by atoms with Crippen LogP contribution in [0.3, 0.4) is 0 Å². The van der Waals surface area contributed by atoms with Crippen molar-refractivity contribution in [2.75, 3.05) is 24.7 Å². The molecule has 1 aromatic heterocycles. The van der Waals surface area contributed by atoms with Crippen LogP contribution in [0.25, 0.3) is 0 Å². The van der Waals surface area contributed by atoms with Crippen LogP contribution < -0.4 is 4.90 Å². The molecule has 82 valence electrons. The number of nitrogens with zero attached hydrogens (tertiary/aromatic N) is 3. The summed E-state index contributed by atoms with van der Waals surface area (Å²) in [7, 11) is 0. The Hall–Kier alpha value is -1.26. The maximum atomic E-state index is 13.7. The van der Waals surface area contributed by atoms with Gasteiger partial charge in [0.15, 0.2) is 11.6 Å². The van der Waals surface area contributed by atoms with Crippen molar-refractivity contribution in [2.45, 2.75) is 13.3 Å². The van der Waals surface area contributed by atoms with E-state index in [2.05, 4.69) is 9.97 Å². The highest BCUT2D eigenvalue weighted by atomic mass is 19.1. The van der Waals surface area contributed by atoms with Gasteiger partial charge in [0, 0.05) is 19.0 Å². The molecule has 0 saturated carbocycles. The predicted molar refractivity (Wildman–Crippen MR) is 53.0 cm³/mol. The number of aryl methyl sites for hydroxylation is 1. The molecule has 0 atom stereocenters. The number of aromatic nitrogens is 2. The Morgan fingerprint density at radius 2 is 2.20 bits per heavy atom. The van der Waals surface area contributed by atoms with E-state index in [4.69, 9.17) is 0 Å². The summed E-state index contributed by atoms with van der Waals surface area (Å²) in [6, 6.07) is 0. The lowest BCUT2D eigenvalue weighted by Crippen LogP contribution is -2.48. The van der Waals surface area contributed by atoms with E-state index in [9.17, 15) is 8.78 Å². The van der Waals surface area contributed by atoms with E-state index in [-0.39, 0.29) is 18.4 Å². The van der Waals surface area contributed by atoms with Gasteiger partial charge in [-0.2, -0.15) is 0 Å². The van der Waals surface area contributed by atoms with Crippen LogP contribution in [0.1, 0.15) is 12.6 Å². The number of hydrogen-bond donors (Lipinski definition) is 0. The van der Waals surface area contributed by atoms with Crippen LogP contribution in [0.2, 0.25) is 0 Å². The molecule has 0 spiro atoms. The minimum absolute atomic E-state index is 0.0319. The van der Waals surface area contributed by atoms with Crippen LogP contribution in [0, 0.1) is 11.7 Å². The first-order chi connectivity index (χ1) is 7.26. The van der Waals surface area contributed by atoms with Crippen LogP contribution >= 0.6 is 0 Å². The van der Waals surface area contributed by atoms with E-state index in [0.29, 0.717) is 31.0 Å². The fourth-order valence-electron chi connectivity index (χ4n) is 1.70. The van der Waals surface area contributed by atoms with Crippen molar-refractivity contribution in [3.8, 4) is 0 Å². The monoisotopic (exact) mass is 213 g/mol. The molecular weight excluding hydrogens is 200 g/mol. The molecule has 0 radical (unpaired) electrons. The number of hydrogen-bond acceptors (Lipinski definition) is 3. The summed E-state index contributed by atoms with van der Waals surface area (Å²) < 4.78 is 25.9. The molecule has 5 heteroatoms. The molecule has 1 saturated heterocycles. The van der Waals surface area contributed by atoms with Gasteiger partial charge in [-0.25, -0.2) is 14.4 Å².